The third-order valence-electron chi connectivity index (χ3n) is 3.65. The molecular weight excluding hydrogens is 271 g/mol. The van der Waals surface area contributed by atoms with Gasteiger partial charge in [0, 0.05) is 0 Å². The van der Waals surface area contributed by atoms with E-state index in [1.54, 1.807) is 10.6 Å². The van der Waals surface area contributed by atoms with E-state index in [1.807, 2.05) is 0 Å². The molecule has 0 spiro atoms. The van der Waals surface area contributed by atoms with Gasteiger partial charge in [0.05, 0.1) is 0 Å². The van der Waals surface area contributed by atoms with Crippen molar-refractivity contribution in [2.75, 3.05) is 0 Å². The van der Waals surface area contributed by atoms with Crippen LogP contribution in [0.1, 0.15) is 41.5 Å². The Kier molecular flexibility index (Phi) is 4.59. The van der Waals surface area contributed by atoms with Gasteiger partial charge in [-0.1, -0.05) is 96.2 Å². The van der Waals surface area contributed by atoms with Gasteiger partial charge in [0.2, 0.25) is 0 Å². The normalized spacial score (nSPS) is 17.2. The van der Waals surface area contributed by atoms with Crippen molar-refractivity contribution in [1.29, 1.82) is 0 Å². The fourth-order valence-corrected chi connectivity index (χ4v) is 5.70. The van der Waals surface area contributed by atoms with Gasteiger partial charge in [-0.05, 0) is 34.7 Å². The molecule has 0 atom stereocenters. The Hall–Kier alpha value is -1.13. The largest absolute Gasteiger partial charge is 0.0622 e. The Bertz CT molecular complexity index is 541. The Morgan fingerprint density at radius 2 is 1.10 bits per heavy atom. The first-order valence-corrected chi connectivity index (χ1v) is 9.00. The zero-order valence-corrected chi connectivity index (χ0v) is 15.0. The first-order valence-electron chi connectivity index (χ1n) is 7.66. The quantitative estimate of drug-likeness (QED) is 0.540. The number of hydrogen-bond acceptors (Lipinski definition) is 0. The minimum absolute atomic E-state index is 0.181. The average Bonchev–Trinajstić information content (AvgIpc) is 2.61. The topological polar surface area (TPSA) is 0 Å². The van der Waals surface area contributed by atoms with Crippen LogP contribution in [-0.4, -0.2) is 0 Å². The van der Waals surface area contributed by atoms with Crippen LogP contribution < -0.4 is 5.30 Å². The van der Waals surface area contributed by atoms with Crippen molar-refractivity contribution in [3.63, 3.8) is 0 Å². The molecule has 1 aromatic carbocycles. The highest BCUT2D eigenvalue weighted by Crippen LogP contribution is 2.62. The summed E-state index contributed by atoms with van der Waals surface area (Å²) >= 11 is 0. The van der Waals surface area contributed by atoms with Crippen LogP contribution in [0.15, 0.2) is 65.3 Å². The first-order chi connectivity index (χ1) is 9.71. The van der Waals surface area contributed by atoms with Crippen molar-refractivity contribution in [2.24, 2.45) is 10.8 Å². The van der Waals surface area contributed by atoms with Crippen LogP contribution >= 0.6 is 7.92 Å². The lowest BCUT2D eigenvalue weighted by Crippen LogP contribution is -2.19. The highest BCUT2D eigenvalue weighted by atomic mass is 31.1. The molecule has 0 saturated heterocycles. The molecule has 1 aliphatic rings. The molecule has 1 aliphatic heterocycles. The van der Waals surface area contributed by atoms with Crippen molar-refractivity contribution in [3.8, 4) is 0 Å². The summed E-state index contributed by atoms with van der Waals surface area (Å²) in [6, 6.07) is 11.0. The summed E-state index contributed by atoms with van der Waals surface area (Å²) in [6.45, 7) is 14.0. The van der Waals surface area contributed by atoms with Gasteiger partial charge in [0.15, 0.2) is 0 Å². The van der Waals surface area contributed by atoms with Crippen molar-refractivity contribution in [3.05, 3.63) is 65.3 Å². The number of benzene rings is 1. The van der Waals surface area contributed by atoms with Gasteiger partial charge in [-0.15, -0.1) is 0 Å². The maximum Gasteiger partial charge on any atom is -0.0121 e. The van der Waals surface area contributed by atoms with Gasteiger partial charge in [0.1, 0.15) is 0 Å². The van der Waals surface area contributed by atoms with E-state index in [1.165, 1.54) is 5.30 Å². The van der Waals surface area contributed by atoms with E-state index in [0.29, 0.717) is 0 Å². The van der Waals surface area contributed by atoms with Crippen LogP contribution in [0.3, 0.4) is 0 Å². The van der Waals surface area contributed by atoms with E-state index in [9.17, 15) is 0 Å². The van der Waals surface area contributed by atoms with E-state index in [-0.39, 0.29) is 10.8 Å². The Morgan fingerprint density at radius 3 is 1.48 bits per heavy atom. The average molecular weight is 298 g/mol. The number of rotatable bonds is 1. The molecule has 1 heterocycles. The predicted molar refractivity (Wildman–Crippen MR) is 97.2 cm³/mol. The van der Waals surface area contributed by atoms with Crippen molar-refractivity contribution in [2.45, 2.75) is 41.5 Å². The molecule has 0 radical (unpaired) electrons. The second-order valence-corrected chi connectivity index (χ2v) is 9.81. The summed E-state index contributed by atoms with van der Waals surface area (Å²) < 4.78 is 0. The lowest BCUT2D eigenvalue weighted by molar-refractivity contribution is 0.520. The third-order valence-corrected chi connectivity index (χ3v) is 7.07. The van der Waals surface area contributed by atoms with Crippen LogP contribution in [-0.2, 0) is 0 Å². The smallest absolute Gasteiger partial charge is 0.0121 e. The van der Waals surface area contributed by atoms with E-state index in [4.69, 9.17) is 0 Å². The van der Waals surface area contributed by atoms with Crippen LogP contribution in [0.25, 0.3) is 0 Å². The van der Waals surface area contributed by atoms with Crippen molar-refractivity contribution >= 4 is 13.2 Å². The molecule has 1 aromatic rings. The molecule has 0 N–H and O–H groups in total. The van der Waals surface area contributed by atoms with Gasteiger partial charge in [-0.25, -0.2) is 0 Å². The Morgan fingerprint density at radius 1 is 0.667 bits per heavy atom. The molecule has 2 rings (SSSR count). The summed E-state index contributed by atoms with van der Waals surface area (Å²) in [7, 11) is -0.437. The summed E-state index contributed by atoms with van der Waals surface area (Å²) in [4.78, 5) is 0. The molecule has 0 fully saturated rings. The number of hydrogen-bond donors (Lipinski definition) is 0. The number of allylic oxidation sites excluding steroid dienone is 6. The van der Waals surface area contributed by atoms with Crippen LogP contribution in [0, 0.1) is 10.8 Å². The molecule has 0 amide bonds. The standard InChI is InChI=1S/C20H27P/c1-19(2,3)17-14-10-11-15-18(20(4,5)6)21(17)16-12-8-7-9-13-16/h7-15H,1-6H3. The molecular formula is C20H27P. The molecule has 0 bridgehead atoms. The molecule has 0 saturated carbocycles. The summed E-state index contributed by atoms with van der Waals surface area (Å²) in [6.07, 6.45) is 9.09. The fraction of sp³-hybridized carbons (Fsp3) is 0.400. The minimum atomic E-state index is -0.437. The zero-order valence-electron chi connectivity index (χ0n) is 14.1. The van der Waals surface area contributed by atoms with Crippen molar-refractivity contribution in [1.82, 2.24) is 0 Å². The molecule has 112 valence electrons. The molecule has 0 aromatic heterocycles. The highest BCUT2D eigenvalue weighted by Gasteiger charge is 2.33. The lowest BCUT2D eigenvalue weighted by Gasteiger charge is -2.37. The Balaban J connectivity index is 2.64. The van der Waals surface area contributed by atoms with Gasteiger partial charge >= 0.3 is 0 Å². The molecule has 0 unspecified atom stereocenters. The third kappa shape index (κ3) is 3.74. The highest BCUT2D eigenvalue weighted by molar-refractivity contribution is 7.73. The molecule has 21 heavy (non-hydrogen) atoms. The summed E-state index contributed by atoms with van der Waals surface area (Å²) in [5.74, 6) is 0. The maximum atomic E-state index is 2.34. The minimum Gasteiger partial charge on any atom is -0.0622 e. The first kappa shape index (κ1) is 16.2. The van der Waals surface area contributed by atoms with Crippen LogP contribution in [0.5, 0.6) is 0 Å². The molecule has 0 aliphatic carbocycles. The molecule has 1 heteroatoms. The monoisotopic (exact) mass is 298 g/mol. The van der Waals surface area contributed by atoms with Gasteiger partial charge in [-0.2, -0.15) is 0 Å². The van der Waals surface area contributed by atoms with Crippen LogP contribution in [0.2, 0.25) is 0 Å². The summed E-state index contributed by atoms with van der Waals surface area (Å²) in [5.41, 5.74) is 0.362. The van der Waals surface area contributed by atoms with Crippen LogP contribution in [0.4, 0.5) is 0 Å². The second-order valence-electron chi connectivity index (χ2n) is 7.66. The zero-order chi connectivity index (χ0) is 15.7. The lowest BCUT2D eigenvalue weighted by atomic mass is 9.95. The van der Waals surface area contributed by atoms with Crippen molar-refractivity contribution < 1.29 is 0 Å². The molecule has 0 nitrogen and oxygen atoms in total. The summed E-state index contributed by atoms with van der Waals surface area (Å²) in [5, 5.41) is 4.57. The van der Waals surface area contributed by atoms with Gasteiger partial charge < -0.3 is 0 Å². The van der Waals surface area contributed by atoms with E-state index in [0.717, 1.165) is 0 Å². The van der Waals surface area contributed by atoms with E-state index < -0.39 is 7.92 Å². The van der Waals surface area contributed by atoms with E-state index >= 15 is 0 Å². The van der Waals surface area contributed by atoms with Gasteiger partial charge in [0.25, 0.3) is 0 Å². The Labute approximate surface area is 131 Å². The maximum absolute atomic E-state index is 2.34. The predicted octanol–water partition coefficient (Wildman–Crippen LogP) is 6.22. The van der Waals surface area contributed by atoms with Gasteiger partial charge in [-0.3, -0.25) is 0 Å². The fourth-order valence-electron chi connectivity index (χ4n) is 2.60. The van der Waals surface area contributed by atoms with E-state index in [2.05, 4.69) is 96.2 Å². The SMILES string of the molecule is CC(C)(C)C1=CC=CC=C(C(C)(C)C)P1c1ccccc1. The second kappa shape index (κ2) is 5.93.